The highest BCUT2D eigenvalue weighted by molar-refractivity contribution is 5.72. The van der Waals surface area contributed by atoms with Gasteiger partial charge in [0.2, 0.25) is 0 Å². The lowest BCUT2D eigenvalue weighted by atomic mass is 10.0. The van der Waals surface area contributed by atoms with Crippen molar-refractivity contribution in [2.45, 2.75) is 39.5 Å². The van der Waals surface area contributed by atoms with E-state index in [4.69, 9.17) is 0 Å². The topological polar surface area (TPSA) is 19.7 Å². The molecular weight excluding hydrogens is 196 g/mol. The van der Waals surface area contributed by atoms with Gasteiger partial charge in [0.05, 0.1) is 13.0 Å². The Bertz CT molecular complexity index is 507. The van der Waals surface area contributed by atoms with E-state index >= 15 is 0 Å². The van der Waals surface area contributed by atoms with Crippen LogP contribution < -0.4 is 4.57 Å². The summed E-state index contributed by atoms with van der Waals surface area (Å²) in [5, 5.41) is 0. The van der Waals surface area contributed by atoms with Crippen molar-refractivity contribution in [3.8, 4) is 0 Å². The summed E-state index contributed by atoms with van der Waals surface area (Å²) in [6.07, 6.45) is 0. The van der Waals surface area contributed by atoms with Crippen LogP contribution in [0.4, 0.5) is 0 Å². The predicted molar refractivity (Wildman–Crippen MR) is 67.7 cm³/mol. The Morgan fingerprint density at radius 1 is 1.06 bits per heavy atom. The lowest BCUT2D eigenvalue weighted by Gasteiger charge is -2.03. The van der Waals surface area contributed by atoms with Crippen LogP contribution in [0.15, 0.2) is 18.2 Å². The molecule has 1 aromatic heterocycles. The van der Waals surface area contributed by atoms with Gasteiger partial charge in [0.25, 0.3) is 5.82 Å². The van der Waals surface area contributed by atoms with Crippen LogP contribution in [0, 0.1) is 0 Å². The van der Waals surface area contributed by atoms with Crippen LogP contribution in [0.2, 0.25) is 0 Å². The second-order valence-corrected chi connectivity index (χ2v) is 5.16. The molecule has 0 saturated carbocycles. The number of H-pyrrole nitrogens is 1. The van der Waals surface area contributed by atoms with E-state index < -0.39 is 0 Å². The molecule has 1 heterocycles. The second kappa shape index (κ2) is 3.93. The molecule has 0 fully saturated rings. The number of nitrogens with zero attached hydrogens (tertiary/aromatic N) is 1. The highest BCUT2D eigenvalue weighted by Crippen LogP contribution is 2.20. The lowest BCUT2D eigenvalue weighted by molar-refractivity contribution is -0.654. The van der Waals surface area contributed by atoms with Gasteiger partial charge >= 0.3 is 0 Å². The molecule has 0 aliphatic carbocycles. The SMILES string of the molecule is CC(C)c1ccc2[nH]c(C(C)C)[n+](C)c2c1. The molecule has 0 amide bonds. The summed E-state index contributed by atoms with van der Waals surface area (Å²) < 4.78 is 2.27. The summed E-state index contributed by atoms with van der Waals surface area (Å²) >= 11 is 0. The molecule has 2 aromatic rings. The fraction of sp³-hybridized carbons (Fsp3) is 0.500. The third kappa shape index (κ3) is 1.73. The minimum absolute atomic E-state index is 0.528. The second-order valence-electron chi connectivity index (χ2n) is 5.16. The van der Waals surface area contributed by atoms with Gasteiger partial charge in [0.1, 0.15) is 0 Å². The molecule has 0 bridgehead atoms. The molecule has 2 rings (SSSR count). The van der Waals surface area contributed by atoms with Crippen LogP contribution in [0.3, 0.4) is 0 Å². The zero-order valence-electron chi connectivity index (χ0n) is 10.8. The van der Waals surface area contributed by atoms with Crippen LogP contribution in [0.1, 0.15) is 50.9 Å². The molecule has 2 nitrogen and oxygen atoms in total. The molecule has 0 radical (unpaired) electrons. The smallest absolute Gasteiger partial charge is 0.241 e. The van der Waals surface area contributed by atoms with E-state index in [1.54, 1.807) is 0 Å². The van der Waals surface area contributed by atoms with E-state index in [9.17, 15) is 0 Å². The first-order valence-electron chi connectivity index (χ1n) is 6.02. The number of benzene rings is 1. The van der Waals surface area contributed by atoms with Gasteiger partial charge in [-0.1, -0.05) is 33.8 Å². The number of fused-ring (bicyclic) bond motifs is 1. The molecule has 0 saturated heterocycles. The minimum Gasteiger partial charge on any atom is -0.241 e. The first-order chi connectivity index (χ1) is 7.50. The summed E-state index contributed by atoms with van der Waals surface area (Å²) in [5.74, 6) is 2.40. The van der Waals surface area contributed by atoms with E-state index in [2.05, 4.69) is 62.5 Å². The third-order valence-electron chi connectivity index (χ3n) is 3.22. The molecule has 0 atom stereocenters. The number of rotatable bonds is 2. The quantitative estimate of drug-likeness (QED) is 0.745. The Kier molecular flexibility index (Phi) is 2.75. The molecule has 0 unspecified atom stereocenters. The molecule has 0 spiro atoms. The Hall–Kier alpha value is -1.31. The molecule has 1 aromatic carbocycles. The van der Waals surface area contributed by atoms with Crippen LogP contribution in [-0.4, -0.2) is 4.98 Å². The largest absolute Gasteiger partial charge is 0.257 e. The Labute approximate surface area is 97.3 Å². The Morgan fingerprint density at radius 2 is 1.75 bits per heavy atom. The van der Waals surface area contributed by atoms with Gasteiger partial charge in [-0.25, -0.2) is 9.55 Å². The summed E-state index contributed by atoms with van der Waals surface area (Å²) in [7, 11) is 2.14. The van der Waals surface area contributed by atoms with Crippen LogP contribution >= 0.6 is 0 Å². The van der Waals surface area contributed by atoms with Gasteiger partial charge in [-0.3, -0.25) is 0 Å². The van der Waals surface area contributed by atoms with Gasteiger partial charge in [-0.15, -0.1) is 0 Å². The van der Waals surface area contributed by atoms with Crippen molar-refractivity contribution < 1.29 is 4.57 Å². The average molecular weight is 217 g/mol. The van der Waals surface area contributed by atoms with Gasteiger partial charge in [-0.05, 0) is 23.6 Å². The number of nitrogens with one attached hydrogen (secondary N) is 1. The van der Waals surface area contributed by atoms with Crippen LogP contribution in [0.5, 0.6) is 0 Å². The van der Waals surface area contributed by atoms with Crippen LogP contribution in [0.25, 0.3) is 11.0 Å². The predicted octanol–water partition coefficient (Wildman–Crippen LogP) is 3.24. The van der Waals surface area contributed by atoms with Gasteiger partial charge in [-0.2, -0.15) is 0 Å². The lowest BCUT2D eigenvalue weighted by Crippen LogP contribution is -2.32. The van der Waals surface area contributed by atoms with Crippen molar-refractivity contribution in [1.82, 2.24) is 4.98 Å². The fourth-order valence-corrected chi connectivity index (χ4v) is 2.17. The van der Waals surface area contributed by atoms with Crippen molar-refractivity contribution in [3.05, 3.63) is 29.6 Å². The average Bonchev–Trinajstić information content (AvgIpc) is 2.56. The third-order valence-corrected chi connectivity index (χ3v) is 3.22. The van der Waals surface area contributed by atoms with Gasteiger partial charge < -0.3 is 0 Å². The number of hydrogen-bond donors (Lipinski definition) is 1. The highest BCUT2D eigenvalue weighted by Gasteiger charge is 2.18. The fourth-order valence-electron chi connectivity index (χ4n) is 2.17. The minimum atomic E-state index is 0.528. The maximum atomic E-state index is 3.49. The van der Waals surface area contributed by atoms with Gasteiger partial charge in [0.15, 0.2) is 11.0 Å². The normalized spacial score (nSPS) is 11.9. The summed E-state index contributed by atoms with van der Waals surface area (Å²) in [5.41, 5.74) is 3.93. The van der Waals surface area contributed by atoms with Gasteiger partial charge in [0, 0.05) is 0 Å². The first-order valence-corrected chi connectivity index (χ1v) is 6.02. The van der Waals surface area contributed by atoms with E-state index in [1.165, 1.54) is 22.4 Å². The van der Waals surface area contributed by atoms with Crippen molar-refractivity contribution in [3.63, 3.8) is 0 Å². The summed E-state index contributed by atoms with van der Waals surface area (Å²) in [6, 6.07) is 6.70. The van der Waals surface area contributed by atoms with Crippen molar-refractivity contribution >= 4 is 11.0 Å². The monoisotopic (exact) mass is 217 g/mol. The molecule has 0 aliphatic heterocycles. The number of aromatic nitrogens is 2. The molecule has 2 heteroatoms. The maximum Gasteiger partial charge on any atom is 0.257 e. The molecular formula is C14H21N2+. The Morgan fingerprint density at radius 3 is 2.31 bits per heavy atom. The first kappa shape index (κ1) is 11.2. The van der Waals surface area contributed by atoms with E-state index in [0.29, 0.717) is 11.8 Å². The zero-order chi connectivity index (χ0) is 11.9. The van der Waals surface area contributed by atoms with E-state index in [0.717, 1.165) is 0 Å². The van der Waals surface area contributed by atoms with Crippen molar-refractivity contribution in [2.24, 2.45) is 7.05 Å². The molecule has 0 aliphatic rings. The molecule has 1 N–H and O–H groups in total. The van der Waals surface area contributed by atoms with Crippen LogP contribution in [-0.2, 0) is 7.05 Å². The number of hydrogen-bond acceptors (Lipinski definition) is 0. The Balaban J connectivity index is 2.64. The highest BCUT2D eigenvalue weighted by atomic mass is 15.1. The van der Waals surface area contributed by atoms with E-state index in [-0.39, 0.29) is 0 Å². The standard InChI is InChI=1S/C14H20N2/c1-9(2)11-6-7-12-13(8-11)16(5)14(15-12)10(3)4/h6-10H,1-5H3/p+1. The zero-order valence-corrected chi connectivity index (χ0v) is 10.8. The maximum absolute atomic E-state index is 3.49. The number of imidazole rings is 1. The van der Waals surface area contributed by atoms with E-state index in [1.807, 2.05) is 0 Å². The number of aromatic amines is 1. The molecule has 16 heavy (non-hydrogen) atoms. The number of aryl methyl sites for hydroxylation is 1. The molecule has 86 valence electrons. The summed E-state index contributed by atoms with van der Waals surface area (Å²) in [6.45, 7) is 8.90. The summed E-state index contributed by atoms with van der Waals surface area (Å²) in [4.78, 5) is 3.49. The van der Waals surface area contributed by atoms with Crippen molar-refractivity contribution in [2.75, 3.05) is 0 Å². The van der Waals surface area contributed by atoms with Crippen molar-refractivity contribution in [1.29, 1.82) is 0 Å².